The first-order valence-corrected chi connectivity index (χ1v) is 9.56. The molecule has 3 aromatic rings. The van der Waals surface area contributed by atoms with Gasteiger partial charge in [0.15, 0.2) is 0 Å². The molecular formula is C17H13N3O5S2. The molecule has 0 fully saturated rings. The fourth-order valence-corrected chi connectivity index (χ4v) is 3.83. The minimum atomic E-state index is -0.617. The van der Waals surface area contributed by atoms with Crippen molar-refractivity contribution >= 4 is 45.2 Å². The predicted octanol–water partition coefficient (Wildman–Crippen LogP) is 4.21. The van der Waals surface area contributed by atoms with Crippen LogP contribution in [0.3, 0.4) is 0 Å². The number of hydrogen-bond donors (Lipinski definition) is 1. The Kier molecular flexibility index (Phi) is 5.57. The van der Waals surface area contributed by atoms with E-state index in [0.29, 0.717) is 16.1 Å². The van der Waals surface area contributed by atoms with Crippen LogP contribution in [0.25, 0.3) is 11.1 Å². The molecule has 0 aliphatic rings. The van der Waals surface area contributed by atoms with Crippen LogP contribution in [0.2, 0.25) is 0 Å². The number of carbonyl (C=O) groups excluding carboxylic acids is 2. The normalized spacial score (nSPS) is 10.4. The van der Waals surface area contributed by atoms with E-state index >= 15 is 0 Å². The molecule has 27 heavy (non-hydrogen) atoms. The number of thiazole rings is 1. The van der Waals surface area contributed by atoms with Crippen LogP contribution in [0.15, 0.2) is 40.5 Å². The van der Waals surface area contributed by atoms with Gasteiger partial charge in [-0.1, -0.05) is 12.1 Å². The fraction of sp³-hybridized carbons (Fsp3) is 0.118. The largest absolute Gasteiger partial charge is 0.462 e. The summed E-state index contributed by atoms with van der Waals surface area (Å²) in [5.41, 5.74) is 2.77. The Morgan fingerprint density at radius 2 is 2.15 bits per heavy atom. The second-order valence-corrected chi connectivity index (χ2v) is 6.81. The number of nitrogens with one attached hydrogen (secondary N) is 1. The van der Waals surface area contributed by atoms with Crippen molar-refractivity contribution in [3.05, 3.63) is 61.9 Å². The van der Waals surface area contributed by atoms with Gasteiger partial charge in [-0.05, 0) is 12.5 Å². The van der Waals surface area contributed by atoms with Crippen LogP contribution in [0, 0.1) is 10.1 Å². The molecule has 1 N–H and O–H groups in total. The molecule has 10 heteroatoms. The van der Waals surface area contributed by atoms with Crippen molar-refractivity contribution in [1.29, 1.82) is 0 Å². The smallest absolute Gasteiger partial charge is 0.341 e. The SMILES string of the molecule is CCOC(=O)c1c(-c2cccc([N+](=O)[O-])c2)csc1NC(=O)c1cscn1. The maximum atomic E-state index is 12.5. The van der Waals surface area contributed by atoms with Gasteiger partial charge in [0.05, 0.1) is 17.0 Å². The zero-order chi connectivity index (χ0) is 19.4. The molecule has 0 saturated carbocycles. The number of anilines is 1. The predicted molar refractivity (Wildman–Crippen MR) is 102 cm³/mol. The van der Waals surface area contributed by atoms with E-state index in [1.54, 1.807) is 23.8 Å². The molecule has 0 aliphatic heterocycles. The summed E-state index contributed by atoms with van der Waals surface area (Å²) in [6.07, 6.45) is 0. The van der Waals surface area contributed by atoms with Crippen LogP contribution in [0.4, 0.5) is 10.7 Å². The summed E-state index contributed by atoms with van der Waals surface area (Å²) in [6, 6.07) is 5.93. The first-order chi connectivity index (χ1) is 13.0. The molecule has 0 aliphatic carbocycles. The van der Waals surface area contributed by atoms with Gasteiger partial charge < -0.3 is 10.1 Å². The lowest BCUT2D eigenvalue weighted by atomic mass is 10.0. The number of benzene rings is 1. The van der Waals surface area contributed by atoms with Crippen molar-refractivity contribution < 1.29 is 19.2 Å². The lowest BCUT2D eigenvalue weighted by Gasteiger charge is -2.08. The zero-order valence-corrected chi connectivity index (χ0v) is 15.6. The Hall–Kier alpha value is -3.11. The summed E-state index contributed by atoms with van der Waals surface area (Å²) in [5.74, 6) is -1.07. The number of non-ortho nitro benzene ring substituents is 1. The van der Waals surface area contributed by atoms with Gasteiger partial charge in [0.25, 0.3) is 11.6 Å². The molecule has 2 heterocycles. The minimum Gasteiger partial charge on any atom is -0.462 e. The molecule has 1 aromatic carbocycles. The monoisotopic (exact) mass is 403 g/mol. The standard InChI is InChI=1S/C17H13N3O5S2/c1-2-25-17(22)14-12(10-4-3-5-11(6-10)20(23)24)7-27-16(14)19-15(21)13-8-26-9-18-13/h3-9H,2H2,1H3,(H,19,21). The number of aromatic nitrogens is 1. The summed E-state index contributed by atoms with van der Waals surface area (Å²) in [4.78, 5) is 39.3. The van der Waals surface area contributed by atoms with Crippen molar-refractivity contribution in [3.8, 4) is 11.1 Å². The number of amides is 1. The van der Waals surface area contributed by atoms with Gasteiger partial charge in [0.1, 0.15) is 16.3 Å². The van der Waals surface area contributed by atoms with Gasteiger partial charge in [-0.2, -0.15) is 0 Å². The molecule has 8 nitrogen and oxygen atoms in total. The highest BCUT2D eigenvalue weighted by Gasteiger charge is 2.24. The topological polar surface area (TPSA) is 111 Å². The van der Waals surface area contributed by atoms with E-state index in [1.165, 1.54) is 35.0 Å². The van der Waals surface area contributed by atoms with Crippen molar-refractivity contribution in [2.24, 2.45) is 0 Å². The van der Waals surface area contributed by atoms with E-state index in [0.717, 1.165) is 11.3 Å². The van der Waals surface area contributed by atoms with Crippen LogP contribution in [0.5, 0.6) is 0 Å². The van der Waals surface area contributed by atoms with Crippen molar-refractivity contribution in [3.63, 3.8) is 0 Å². The number of nitro benzene ring substituents is 1. The summed E-state index contributed by atoms with van der Waals surface area (Å²) in [7, 11) is 0. The molecule has 0 unspecified atom stereocenters. The molecule has 0 spiro atoms. The molecule has 0 atom stereocenters. The third kappa shape index (κ3) is 4.01. The second kappa shape index (κ2) is 8.06. The summed E-state index contributed by atoms with van der Waals surface area (Å²) in [6.45, 7) is 1.83. The number of ether oxygens (including phenoxy) is 1. The van der Waals surface area contributed by atoms with Crippen molar-refractivity contribution in [1.82, 2.24) is 4.98 Å². The van der Waals surface area contributed by atoms with E-state index in [4.69, 9.17) is 4.74 Å². The first kappa shape index (κ1) is 18.7. The van der Waals surface area contributed by atoms with E-state index in [1.807, 2.05) is 0 Å². The second-order valence-electron chi connectivity index (χ2n) is 5.21. The summed E-state index contributed by atoms with van der Waals surface area (Å²) < 4.78 is 5.11. The summed E-state index contributed by atoms with van der Waals surface area (Å²) in [5, 5.41) is 17.3. The van der Waals surface area contributed by atoms with Gasteiger partial charge in [-0.25, -0.2) is 9.78 Å². The summed E-state index contributed by atoms with van der Waals surface area (Å²) >= 11 is 2.42. The van der Waals surface area contributed by atoms with Gasteiger partial charge >= 0.3 is 5.97 Å². The van der Waals surface area contributed by atoms with Crippen LogP contribution in [0.1, 0.15) is 27.8 Å². The number of carbonyl (C=O) groups is 2. The lowest BCUT2D eigenvalue weighted by molar-refractivity contribution is -0.384. The number of rotatable bonds is 6. The number of hydrogen-bond acceptors (Lipinski definition) is 8. The van der Waals surface area contributed by atoms with Crippen LogP contribution < -0.4 is 5.32 Å². The van der Waals surface area contributed by atoms with Gasteiger partial charge in [0.2, 0.25) is 0 Å². The number of nitrogens with zero attached hydrogens (tertiary/aromatic N) is 2. The highest BCUT2D eigenvalue weighted by molar-refractivity contribution is 7.15. The molecule has 0 bridgehead atoms. The van der Waals surface area contributed by atoms with Crippen molar-refractivity contribution in [2.45, 2.75) is 6.92 Å². The highest BCUT2D eigenvalue weighted by Crippen LogP contribution is 2.37. The van der Waals surface area contributed by atoms with Crippen LogP contribution in [-0.4, -0.2) is 28.4 Å². The average molecular weight is 403 g/mol. The van der Waals surface area contributed by atoms with Crippen LogP contribution in [-0.2, 0) is 4.74 Å². The lowest BCUT2D eigenvalue weighted by Crippen LogP contribution is -2.15. The maximum absolute atomic E-state index is 12.5. The Bertz CT molecular complexity index is 998. The van der Waals surface area contributed by atoms with E-state index in [9.17, 15) is 19.7 Å². The van der Waals surface area contributed by atoms with Gasteiger partial charge in [-0.3, -0.25) is 14.9 Å². The quantitative estimate of drug-likeness (QED) is 0.375. The molecular weight excluding hydrogens is 390 g/mol. The zero-order valence-electron chi connectivity index (χ0n) is 14.0. The van der Waals surface area contributed by atoms with Gasteiger partial charge in [-0.15, -0.1) is 22.7 Å². The molecule has 3 rings (SSSR count). The third-order valence-corrected chi connectivity index (χ3v) is 5.01. The highest BCUT2D eigenvalue weighted by atomic mass is 32.1. The molecule has 2 aromatic heterocycles. The Balaban J connectivity index is 2.03. The maximum Gasteiger partial charge on any atom is 0.341 e. The average Bonchev–Trinajstić information content (AvgIpc) is 3.32. The number of thiophene rings is 1. The van der Waals surface area contributed by atoms with Crippen LogP contribution >= 0.6 is 22.7 Å². The molecule has 138 valence electrons. The first-order valence-electron chi connectivity index (χ1n) is 7.74. The molecule has 1 amide bonds. The van der Waals surface area contributed by atoms with E-state index in [2.05, 4.69) is 10.3 Å². The molecule has 0 radical (unpaired) electrons. The van der Waals surface area contributed by atoms with Crippen molar-refractivity contribution in [2.75, 3.05) is 11.9 Å². The Morgan fingerprint density at radius 1 is 1.33 bits per heavy atom. The Labute approximate surface area is 161 Å². The number of nitro groups is 1. The van der Waals surface area contributed by atoms with E-state index < -0.39 is 16.8 Å². The minimum absolute atomic E-state index is 0.0958. The van der Waals surface area contributed by atoms with E-state index in [-0.39, 0.29) is 23.6 Å². The third-order valence-electron chi connectivity index (χ3n) is 3.53. The Morgan fingerprint density at radius 3 is 2.81 bits per heavy atom. The molecule has 0 saturated heterocycles. The number of esters is 1. The van der Waals surface area contributed by atoms with Gasteiger partial charge in [0, 0.05) is 28.5 Å². The fourth-order valence-electron chi connectivity index (χ4n) is 2.35.